The van der Waals surface area contributed by atoms with Crippen LogP contribution in [0.1, 0.15) is 29.5 Å². The molecule has 200 valence electrons. The predicted octanol–water partition coefficient (Wildman–Crippen LogP) is 3.50. The van der Waals surface area contributed by atoms with Crippen molar-refractivity contribution in [3.05, 3.63) is 75.3 Å². The van der Waals surface area contributed by atoms with E-state index in [4.69, 9.17) is 9.47 Å². The van der Waals surface area contributed by atoms with Crippen molar-refractivity contribution < 1.29 is 50.0 Å². The Labute approximate surface area is 207 Å². The molecule has 3 fully saturated rings. The Bertz CT molecular complexity index is 1340. The second-order valence-corrected chi connectivity index (χ2v) is 10.9. The number of alkyl halides is 4. The highest BCUT2D eigenvalue weighted by atomic mass is 32.2. The van der Waals surface area contributed by atoms with Gasteiger partial charge in [-0.2, -0.15) is 17.6 Å². The maximum absolute atomic E-state index is 14.9. The van der Waals surface area contributed by atoms with Gasteiger partial charge in [-0.3, -0.25) is 10.1 Å². The number of halogens is 4. The summed E-state index contributed by atoms with van der Waals surface area (Å²) in [5.41, 5.74) is 0.0426. The Balaban J connectivity index is 1.57. The van der Waals surface area contributed by atoms with Crippen molar-refractivity contribution in [1.29, 1.82) is 0 Å². The molecule has 0 radical (unpaired) electrons. The second kappa shape index (κ2) is 8.43. The average molecular weight is 546 g/mol. The highest BCUT2D eigenvalue weighted by Gasteiger charge is 2.73. The second-order valence-electron chi connectivity index (χ2n) is 9.50. The van der Waals surface area contributed by atoms with Gasteiger partial charge in [0.25, 0.3) is 5.69 Å². The zero-order chi connectivity index (χ0) is 27.0. The zero-order valence-electron chi connectivity index (χ0n) is 18.8. The SMILES string of the molecule is O=[N+]([O-])c1cc(C2(c3ccccc3)OC3C4CC(C3O2)C(C(F)(F)C(F)(F)S(=O)(=O)[O-])C4)ccc1CO. The minimum Gasteiger partial charge on any atom is -0.743 e. The lowest BCUT2D eigenvalue weighted by Crippen LogP contribution is -2.55. The van der Waals surface area contributed by atoms with E-state index in [1.54, 1.807) is 30.3 Å². The van der Waals surface area contributed by atoms with Crippen LogP contribution in [0.4, 0.5) is 23.2 Å². The molecule has 1 aliphatic heterocycles. The molecule has 0 amide bonds. The highest BCUT2D eigenvalue weighted by Crippen LogP contribution is 2.63. The summed E-state index contributed by atoms with van der Waals surface area (Å²) in [4.78, 5) is 10.9. The van der Waals surface area contributed by atoms with Gasteiger partial charge in [0.05, 0.1) is 29.3 Å². The van der Waals surface area contributed by atoms with Crippen molar-refractivity contribution in [2.45, 2.75) is 48.6 Å². The molecule has 14 heteroatoms. The number of nitro benzene ring substituents is 1. The van der Waals surface area contributed by atoms with Gasteiger partial charge in [-0.25, -0.2) is 8.42 Å². The molecule has 6 unspecified atom stereocenters. The van der Waals surface area contributed by atoms with Gasteiger partial charge in [0, 0.05) is 23.1 Å². The first-order valence-electron chi connectivity index (χ1n) is 11.3. The van der Waals surface area contributed by atoms with E-state index in [0.29, 0.717) is 5.56 Å². The van der Waals surface area contributed by atoms with Gasteiger partial charge in [-0.05, 0) is 30.7 Å². The topological polar surface area (TPSA) is 139 Å². The Hall–Kier alpha value is -2.65. The Morgan fingerprint density at radius 1 is 1.03 bits per heavy atom. The highest BCUT2D eigenvalue weighted by molar-refractivity contribution is 7.86. The number of aliphatic hydroxyl groups excluding tert-OH is 1. The molecule has 37 heavy (non-hydrogen) atoms. The van der Waals surface area contributed by atoms with Gasteiger partial charge in [0.1, 0.15) is 0 Å². The standard InChI is InChI=1S/C23H21F4NO8S/c24-22(25,23(26,27)37(32,33)34)17-9-13-8-16(17)20-19(13)35-21(36-20,14-4-2-1-3-5-14)15-7-6-12(11-29)18(10-15)28(30)31/h1-7,10,13,16-17,19-20,29H,8-9,11H2,(H,32,33,34)/p-1. The number of hydrogen-bond acceptors (Lipinski definition) is 8. The summed E-state index contributed by atoms with van der Waals surface area (Å²) in [5.74, 6) is -11.1. The molecule has 5 rings (SSSR count). The molecule has 2 bridgehead atoms. The summed E-state index contributed by atoms with van der Waals surface area (Å²) < 4.78 is 103. The summed E-state index contributed by atoms with van der Waals surface area (Å²) in [6, 6.07) is 11.9. The van der Waals surface area contributed by atoms with E-state index in [-0.39, 0.29) is 17.5 Å². The van der Waals surface area contributed by atoms with E-state index >= 15 is 0 Å². The number of ether oxygens (including phenoxy) is 2. The fraction of sp³-hybridized carbons (Fsp3) is 0.478. The quantitative estimate of drug-likeness (QED) is 0.241. The molecule has 0 aromatic heterocycles. The number of aliphatic hydroxyl groups is 1. The van der Waals surface area contributed by atoms with E-state index < -0.39 is 80.7 Å². The van der Waals surface area contributed by atoms with E-state index in [1.807, 2.05) is 0 Å². The van der Waals surface area contributed by atoms with Crippen LogP contribution in [-0.2, 0) is 32.0 Å². The monoisotopic (exact) mass is 546 g/mol. The fourth-order valence-electron chi connectivity index (χ4n) is 5.95. The Morgan fingerprint density at radius 3 is 2.27 bits per heavy atom. The number of nitrogens with zero attached hydrogens (tertiary/aromatic N) is 1. The summed E-state index contributed by atoms with van der Waals surface area (Å²) >= 11 is 0. The molecule has 0 spiro atoms. The van der Waals surface area contributed by atoms with Crippen LogP contribution in [0.2, 0.25) is 0 Å². The third kappa shape index (κ3) is 3.68. The van der Waals surface area contributed by atoms with Gasteiger partial charge >= 0.3 is 11.2 Å². The van der Waals surface area contributed by atoms with Crippen LogP contribution in [0.3, 0.4) is 0 Å². The minimum absolute atomic E-state index is 0.0102. The molecule has 3 aliphatic rings. The van der Waals surface area contributed by atoms with Crippen molar-refractivity contribution >= 4 is 15.8 Å². The van der Waals surface area contributed by atoms with Gasteiger partial charge < -0.3 is 19.1 Å². The van der Waals surface area contributed by atoms with E-state index in [2.05, 4.69) is 0 Å². The predicted molar refractivity (Wildman–Crippen MR) is 115 cm³/mol. The lowest BCUT2D eigenvalue weighted by molar-refractivity contribution is -0.386. The van der Waals surface area contributed by atoms with Crippen LogP contribution in [0.5, 0.6) is 0 Å². The van der Waals surface area contributed by atoms with Crippen LogP contribution in [-0.4, -0.2) is 46.4 Å². The molecule has 1 heterocycles. The van der Waals surface area contributed by atoms with Gasteiger partial charge in [-0.1, -0.05) is 36.4 Å². The first-order chi connectivity index (χ1) is 17.2. The first-order valence-corrected chi connectivity index (χ1v) is 12.7. The maximum atomic E-state index is 14.9. The van der Waals surface area contributed by atoms with Crippen molar-refractivity contribution in [3.8, 4) is 0 Å². The fourth-order valence-corrected chi connectivity index (χ4v) is 6.44. The third-order valence-electron chi connectivity index (χ3n) is 7.62. The number of fused-ring (bicyclic) bond motifs is 5. The minimum atomic E-state index is -6.65. The lowest BCUT2D eigenvalue weighted by atomic mass is 9.81. The molecule has 2 aliphatic carbocycles. The number of nitro groups is 1. The Morgan fingerprint density at radius 2 is 1.68 bits per heavy atom. The maximum Gasteiger partial charge on any atom is 0.396 e. The molecule has 2 aromatic carbocycles. The van der Waals surface area contributed by atoms with Crippen LogP contribution in [0.15, 0.2) is 48.5 Å². The average Bonchev–Trinajstić information content (AvgIpc) is 3.54. The van der Waals surface area contributed by atoms with Crippen molar-refractivity contribution in [2.75, 3.05) is 0 Å². The zero-order valence-corrected chi connectivity index (χ0v) is 19.6. The Kier molecular flexibility index (Phi) is 5.92. The van der Waals surface area contributed by atoms with Crippen LogP contribution in [0, 0.1) is 27.9 Å². The van der Waals surface area contributed by atoms with E-state index in [1.165, 1.54) is 12.1 Å². The van der Waals surface area contributed by atoms with Crippen molar-refractivity contribution in [3.63, 3.8) is 0 Å². The van der Waals surface area contributed by atoms with Gasteiger partial charge in [-0.15, -0.1) is 0 Å². The summed E-state index contributed by atoms with van der Waals surface area (Å²) in [6.07, 6.45) is -2.58. The van der Waals surface area contributed by atoms with Crippen LogP contribution >= 0.6 is 0 Å². The van der Waals surface area contributed by atoms with Gasteiger partial charge in [0.15, 0.2) is 10.1 Å². The molecule has 2 saturated carbocycles. The van der Waals surface area contributed by atoms with E-state index in [9.17, 15) is 45.8 Å². The summed E-state index contributed by atoms with van der Waals surface area (Å²) in [5, 5.41) is 15.3. The summed E-state index contributed by atoms with van der Waals surface area (Å²) in [7, 11) is -6.65. The molecule has 1 saturated heterocycles. The molecular weight excluding hydrogens is 526 g/mol. The van der Waals surface area contributed by atoms with Crippen LogP contribution in [0.25, 0.3) is 0 Å². The normalized spacial score (nSPS) is 31.5. The molecule has 9 nitrogen and oxygen atoms in total. The number of hydrogen-bond donors (Lipinski definition) is 1. The van der Waals surface area contributed by atoms with Gasteiger partial charge in [0.2, 0.25) is 5.79 Å². The van der Waals surface area contributed by atoms with Crippen molar-refractivity contribution in [1.82, 2.24) is 0 Å². The largest absolute Gasteiger partial charge is 0.743 e. The number of rotatable bonds is 7. The number of benzene rings is 2. The molecule has 6 atom stereocenters. The van der Waals surface area contributed by atoms with Crippen molar-refractivity contribution in [2.24, 2.45) is 17.8 Å². The molecule has 2 aromatic rings. The van der Waals surface area contributed by atoms with Crippen LogP contribution < -0.4 is 0 Å². The third-order valence-corrected chi connectivity index (χ3v) is 8.52. The molecule has 1 N–H and O–H groups in total. The molecular formula is C23H20F4NO8S-. The summed E-state index contributed by atoms with van der Waals surface area (Å²) in [6.45, 7) is -0.625. The lowest BCUT2D eigenvalue weighted by Gasteiger charge is -2.38. The first kappa shape index (κ1) is 26.0. The smallest absolute Gasteiger partial charge is 0.396 e. The van der Waals surface area contributed by atoms with E-state index in [0.717, 1.165) is 6.07 Å².